The molecule has 2 heterocycles. The molecule has 4 aromatic rings. The highest BCUT2D eigenvalue weighted by atomic mass is 35.5. The molecule has 7 nitrogen and oxygen atoms in total. The zero-order chi connectivity index (χ0) is 29.1. The highest BCUT2D eigenvalue weighted by molar-refractivity contribution is 7.07. The fourth-order valence-corrected chi connectivity index (χ4v) is 5.72. The number of benzene rings is 3. The number of hydrogen-bond acceptors (Lipinski definition) is 7. The summed E-state index contributed by atoms with van der Waals surface area (Å²) in [6.07, 6.45) is 1.47. The zero-order valence-electron chi connectivity index (χ0n) is 22.6. The first kappa shape index (κ1) is 28.1. The Morgan fingerprint density at radius 3 is 2.51 bits per heavy atom. The molecular weight excluding hydrogens is 558 g/mol. The van der Waals surface area contributed by atoms with Crippen molar-refractivity contribution < 1.29 is 14.3 Å². The summed E-state index contributed by atoms with van der Waals surface area (Å²) in [5.74, 6) is 0.131. The lowest BCUT2D eigenvalue weighted by Crippen LogP contribution is -2.40. The topological polar surface area (TPSA) is 93.7 Å². The van der Waals surface area contributed by atoms with E-state index in [0.29, 0.717) is 36.9 Å². The van der Waals surface area contributed by atoms with Crippen LogP contribution >= 0.6 is 22.9 Å². The Balaban J connectivity index is 1.49. The van der Waals surface area contributed by atoms with Crippen molar-refractivity contribution in [2.24, 2.45) is 4.99 Å². The molecule has 0 saturated carbocycles. The third-order valence-electron chi connectivity index (χ3n) is 6.48. The number of nitriles is 1. The largest absolute Gasteiger partial charge is 0.489 e. The van der Waals surface area contributed by atoms with Gasteiger partial charge >= 0.3 is 5.97 Å². The van der Waals surface area contributed by atoms with Crippen LogP contribution in [-0.4, -0.2) is 16.6 Å². The van der Waals surface area contributed by atoms with Gasteiger partial charge in [-0.05, 0) is 68.3 Å². The van der Waals surface area contributed by atoms with Crippen molar-refractivity contribution in [1.82, 2.24) is 4.57 Å². The van der Waals surface area contributed by atoms with Crippen LogP contribution < -0.4 is 19.6 Å². The molecule has 3 aromatic carbocycles. The molecule has 0 N–H and O–H groups in total. The molecule has 1 unspecified atom stereocenters. The second-order valence-corrected chi connectivity index (χ2v) is 11.2. The van der Waals surface area contributed by atoms with Gasteiger partial charge in [0.15, 0.2) is 4.80 Å². The van der Waals surface area contributed by atoms with Gasteiger partial charge in [-0.2, -0.15) is 5.26 Å². The summed E-state index contributed by atoms with van der Waals surface area (Å²) in [4.78, 5) is 32.1. The third kappa shape index (κ3) is 6.02. The average Bonchev–Trinajstić information content (AvgIpc) is 3.26. The van der Waals surface area contributed by atoms with E-state index < -0.39 is 12.0 Å². The number of fused-ring (bicyclic) bond motifs is 1. The molecule has 5 rings (SSSR count). The van der Waals surface area contributed by atoms with Crippen molar-refractivity contribution >= 4 is 35.0 Å². The zero-order valence-corrected chi connectivity index (χ0v) is 24.2. The molecule has 0 aliphatic carbocycles. The van der Waals surface area contributed by atoms with E-state index in [-0.39, 0.29) is 18.3 Å². The summed E-state index contributed by atoms with van der Waals surface area (Å²) in [5, 5.41) is 9.84. The van der Waals surface area contributed by atoms with Crippen molar-refractivity contribution in [3.8, 4) is 11.8 Å². The predicted octanol–water partition coefficient (Wildman–Crippen LogP) is 5.29. The lowest BCUT2D eigenvalue weighted by atomic mass is 9.96. The standard InChI is InChI=1S/C32H26ClN3O4S/c1-19(2)40-31(38)28-20(3)35-32-36(29(28)22-10-12-25(33)13-11-22)30(37)27(41-32)16-21-8-14-26(15-9-21)39-18-24-7-5-4-6-23(24)17-34/h4-16,19,29H,18H2,1-3H3. The van der Waals surface area contributed by atoms with E-state index in [1.54, 1.807) is 61.7 Å². The minimum atomic E-state index is -0.705. The number of carbonyl (C=O) groups excluding carboxylic acids is 1. The van der Waals surface area contributed by atoms with Crippen LogP contribution in [0.15, 0.2) is 93.9 Å². The van der Waals surface area contributed by atoms with E-state index in [1.165, 1.54) is 11.3 Å². The van der Waals surface area contributed by atoms with Crippen molar-refractivity contribution in [2.45, 2.75) is 39.5 Å². The van der Waals surface area contributed by atoms with Gasteiger partial charge in [0.05, 0.1) is 39.6 Å². The maximum Gasteiger partial charge on any atom is 0.338 e. The Morgan fingerprint density at radius 2 is 1.83 bits per heavy atom. The average molecular weight is 584 g/mol. The summed E-state index contributed by atoms with van der Waals surface area (Å²) < 4.78 is 13.4. The molecule has 1 aliphatic heterocycles. The lowest BCUT2D eigenvalue weighted by molar-refractivity contribution is -0.143. The maximum absolute atomic E-state index is 13.8. The first-order chi connectivity index (χ1) is 19.7. The molecule has 206 valence electrons. The van der Waals surface area contributed by atoms with E-state index in [9.17, 15) is 14.9 Å². The summed E-state index contributed by atoms with van der Waals surface area (Å²) in [6.45, 7) is 5.59. The van der Waals surface area contributed by atoms with Gasteiger partial charge in [0.25, 0.3) is 5.56 Å². The van der Waals surface area contributed by atoms with Gasteiger partial charge in [-0.1, -0.05) is 65.4 Å². The van der Waals surface area contributed by atoms with Crippen molar-refractivity contribution in [3.05, 3.63) is 131 Å². The number of allylic oxidation sites excluding steroid dienone is 1. The van der Waals surface area contributed by atoms with Crippen molar-refractivity contribution in [2.75, 3.05) is 0 Å². The third-order valence-corrected chi connectivity index (χ3v) is 7.72. The molecule has 9 heteroatoms. The number of hydrogen-bond donors (Lipinski definition) is 0. The number of aromatic nitrogens is 1. The number of nitrogens with zero attached hydrogens (tertiary/aromatic N) is 3. The van der Waals surface area contributed by atoms with Crippen LogP contribution in [0.5, 0.6) is 5.75 Å². The van der Waals surface area contributed by atoms with Crippen LogP contribution in [0.25, 0.3) is 6.08 Å². The summed E-state index contributed by atoms with van der Waals surface area (Å²) in [6, 6.07) is 23.2. The van der Waals surface area contributed by atoms with Crippen LogP contribution in [0.1, 0.15) is 49.1 Å². The van der Waals surface area contributed by atoms with Crippen molar-refractivity contribution in [1.29, 1.82) is 5.26 Å². The molecule has 41 heavy (non-hydrogen) atoms. The Bertz CT molecular complexity index is 1860. The minimum absolute atomic E-state index is 0.260. The molecular formula is C32H26ClN3O4S. The lowest BCUT2D eigenvalue weighted by Gasteiger charge is -2.25. The van der Waals surface area contributed by atoms with Crippen LogP contribution in [0.3, 0.4) is 0 Å². The van der Waals surface area contributed by atoms with Crippen LogP contribution in [0.4, 0.5) is 0 Å². The van der Waals surface area contributed by atoms with Gasteiger partial charge in [0.1, 0.15) is 12.4 Å². The number of thiazole rings is 1. The second kappa shape index (κ2) is 12.0. The number of rotatable bonds is 7. The fourth-order valence-electron chi connectivity index (χ4n) is 4.55. The molecule has 1 aliphatic rings. The van der Waals surface area contributed by atoms with Gasteiger partial charge in [-0.15, -0.1) is 0 Å². The first-order valence-electron chi connectivity index (χ1n) is 12.9. The minimum Gasteiger partial charge on any atom is -0.489 e. The van der Waals surface area contributed by atoms with E-state index in [1.807, 2.05) is 42.5 Å². The molecule has 1 aromatic heterocycles. The smallest absolute Gasteiger partial charge is 0.338 e. The van der Waals surface area contributed by atoms with Gasteiger partial charge in [0, 0.05) is 10.6 Å². The van der Waals surface area contributed by atoms with E-state index in [0.717, 1.165) is 16.7 Å². The highest BCUT2D eigenvalue weighted by Crippen LogP contribution is 2.31. The van der Waals surface area contributed by atoms with Gasteiger partial charge in [0.2, 0.25) is 0 Å². The number of ether oxygens (including phenoxy) is 2. The molecule has 1 atom stereocenters. The van der Waals surface area contributed by atoms with E-state index in [2.05, 4.69) is 11.1 Å². The van der Waals surface area contributed by atoms with Gasteiger partial charge < -0.3 is 9.47 Å². The molecule has 0 amide bonds. The van der Waals surface area contributed by atoms with Crippen molar-refractivity contribution in [3.63, 3.8) is 0 Å². The molecule has 0 spiro atoms. The molecule has 0 saturated heterocycles. The number of halogens is 1. The Hall–Kier alpha value is -4.45. The molecule has 0 fully saturated rings. The molecule has 0 radical (unpaired) electrons. The summed E-state index contributed by atoms with van der Waals surface area (Å²) >= 11 is 7.39. The maximum atomic E-state index is 13.8. The van der Waals surface area contributed by atoms with E-state index >= 15 is 0 Å². The van der Waals surface area contributed by atoms with Gasteiger partial charge in [-0.25, -0.2) is 9.79 Å². The van der Waals surface area contributed by atoms with Crippen LogP contribution in [0.2, 0.25) is 5.02 Å². The Morgan fingerprint density at radius 1 is 1.12 bits per heavy atom. The number of esters is 1. The Labute approximate surface area is 245 Å². The first-order valence-corrected chi connectivity index (χ1v) is 14.1. The van der Waals surface area contributed by atoms with Crippen LogP contribution in [-0.2, 0) is 16.1 Å². The normalized spacial score (nSPS) is 14.8. The predicted molar refractivity (Wildman–Crippen MR) is 158 cm³/mol. The molecule has 0 bridgehead atoms. The number of carbonyl (C=O) groups is 1. The monoisotopic (exact) mass is 583 g/mol. The quantitative estimate of drug-likeness (QED) is 0.276. The summed E-state index contributed by atoms with van der Waals surface area (Å²) in [5.41, 5.74) is 3.48. The van der Waals surface area contributed by atoms with Crippen LogP contribution in [0, 0.1) is 11.3 Å². The van der Waals surface area contributed by atoms with Gasteiger partial charge in [-0.3, -0.25) is 9.36 Å². The fraction of sp³-hybridized carbons (Fsp3) is 0.188. The highest BCUT2D eigenvalue weighted by Gasteiger charge is 2.33. The van der Waals surface area contributed by atoms with E-state index in [4.69, 9.17) is 21.1 Å². The summed E-state index contributed by atoms with van der Waals surface area (Å²) in [7, 11) is 0. The second-order valence-electron chi connectivity index (χ2n) is 9.71. The Kier molecular flexibility index (Phi) is 8.20. The SMILES string of the molecule is CC1=C(C(=O)OC(C)C)C(c2ccc(Cl)cc2)n2c(sc(=Cc3ccc(OCc4ccccc4C#N)cc3)c2=O)=N1.